The van der Waals surface area contributed by atoms with Gasteiger partial charge >= 0.3 is 0 Å². The molecule has 0 unspecified atom stereocenters. The molecule has 0 atom stereocenters. The van der Waals surface area contributed by atoms with E-state index in [2.05, 4.69) is 0 Å². The summed E-state index contributed by atoms with van der Waals surface area (Å²) in [7, 11) is -3.65. The monoisotopic (exact) mass is 349 g/mol. The Morgan fingerprint density at radius 3 is 2.35 bits per heavy atom. The maximum atomic E-state index is 12.4. The smallest absolute Gasteiger partial charge is 0.270 e. The molecule has 0 saturated carbocycles. The van der Waals surface area contributed by atoms with Gasteiger partial charge in [0.25, 0.3) is 12.1 Å². The topological polar surface area (TPSA) is 83.8 Å². The summed E-state index contributed by atoms with van der Waals surface area (Å²) in [6.07, 6.45) is -1.42. The number of nitrogens with zero attached hydrogens (tertiary/aromatic N) is 3. The lowest BCUT2D eigenvalue weighted by Crippen LogP contribution is -2.48. The third kappa shape index (κ3) is 4.35. The first-order valence-electron chi connectivity index (χ1n) is 6.92. The summed E-state index contributed by atoms with van der Waals surface area (Å²) in [6.45, 7) is 1.21. The molecular formula is C13H17F2N3O4S. The molecule has 0 spiro atoms. The molecule has 0 radical (unpaired) electrons. The third-order valence-corrected chi connectivity index (χ3v) is 4.79. The molecule has 23 heavy (non-hydrogen) atoms. The van der Waals surface area contributed by atoms with Crippen molar-refractivity contribution in [1.82, 2.24) is 4.90 Å². The quantitative estimate of drug-likeness (QED) is 0.590. The molecule has 0 N–H and O–H groups in total. The van der Waals surface area contributed by atoms with Crippen molar-refractivity contribution in [3.63, 3.8) is 0 Å². The van der Waals surface area contributed by atoms with Crippen molar-refractivity contribution in [2.45, 2.75) is 11.3 Å². The van der Waals surface area contributed by atoms with Crippen molar-refractivity contribution in [1.29, 1.82) is 0 Å². The van der Waals surface area contributed by atoms with Gasteiger partial charge in [-0.15, -0.1) is 0 Å². The molecule has 2 rings (SSSR count). The Morgan fingerprint density at radius 2 is 1.87 bits per heavy atom. The van der Waals surface area contributed by atoms with Gasteiger partial charge in [0, 0.05) is 44.6 Å². The van der Waals surface area contributed by atoms with Gasteiger partial charge in [-0.25, -0.2) is 17.2 Å². The van der Waals surface area contributed by atoms with E-state index in [0.717, 1.165) is 12.3 Å². The van der Waals surface area contributed by atoms with Gasteiger partial charge < -0.3 is 4.90 Å². The Labute approximate surface area is 132 Å². The van der Waals surface area contributed by atoms with Crippen molar-refractivity contribution in [3.8, 4) is 0 Å². The number of halogens is 2. The summed E-state index contributed by atoms with van der Waals surface area (Å²) in [5.74, 6) is 0. The van der Waals surface area contributed by atoms with Crippen LogP contribution in [0.15, 0.2) is 23.1 Å². The van der Waals surface area contributed by atoms with E-state index < -0.39 is 21.2 Å². The summed E-state index contributed by atoms with van der Waals surface area (Å²) >= 11 is 0. The summed E-state index contributed by atoms with van der Waals surface area (Å²) in [5, 5.41) is 10.8. The van der Waals surface area contributed by atoms with Gasteiger partial charge in [-0.05, 0) is 6.07 Å². The number of benzene rings is 1. The number of piperazine rings is 1. The molecule has 1 aromatic carbocycles. The lowest BCUT2D eigenvalue weighted by molar-refractivity contribution is -0.385. The lowest BCUT2D eigenvalue weighted by atomic mass is 10.2. The predicted octanol–water partition coefficient (Wildman–Crippen LogP) is 1.39. The molecule has 0 amide bonds. The van der Waals surface area contributed by atoms with E-state index in [1.54, 1.807) is 9.80 Å². The van der Waals surface area contributed by atoms with Gasteiger partial charge in [-0.1, -0.05) is 0 Å². The maximum absolute atomic E-state index is 12.4. The van der Waals surface area contributed by atoms with Crippen LogP contribution in [0.5, 0.6) is 0 Å². The maximum Gasteiger partial charge on any atom is 0.270 e. The van der Waals surface area contributed by atoms with E-state index >= 15 is 0 Å². The van der Waals surface area contributed by atoms with Crippen molar-refractivity contribution < 1.29 is 22.1 Å². The number of nitro benzene ring substituents is 1. The van der Waals surface area contributed by atoms with E-state index in [1.807, 2.05) is 0 Å². The van der Waals surface area contributed by atoms with Crippen LogP contribution < -0.4 is 4.90 Å². The van der Waals surface area contributed by atoms with Crippen LogP contribution in [0.4, 0.5) is 20.2 Å². The van der Waals surface area contributed by atoms with Gasteiger partial charge in [0.2, 0.25) is 0 Å². The molecule has 0 aliphatic carbocycles. The van der Waals surface area contributed by atoms with Crippen LogP contribution in [0.25, 0.3) is 0 Å². The van der Waals surface area contributed by atoms with Crippen LogP contribution in [-0.4, -0.2) is 63.6 Å². The fourth-order valence-electron chi connectivity index (χ4n) is 2.54. The van der Waals surface area contributed by atoms with Crippen molar-refractivity contribution in [3.05, 3.63) is 28.3 Å². The Bertz CT molecular complexity index is 688. The highest BCUT2D eigenvalue weighted by Gasteiger charge is 2.25. The highest BCUT2D eigenvalue weighted by Crippen LogP contribution is 2.30. The first-order valence-corrected chi connectivity index (χ1v) is 8.81. The second-order valence-electron chi connectivity index (χ2n) is 5.36. The second kappa shape index (κ2) is 6.75. The summed E-state index contributed by atoms with van der Waals surface area (Å²) < 4.78 is 48.6. The number of sulfone groups is 1. The Kier molecular flexibility index (Phi) is 5.15. The number of anilines is 1. The minimum Gasteiger partial charge on any atom is -0.368 e. The molecule has 1 aliphatic heterocycles. The SMILES string of the molecule is CS(=O)(=O)c1cc([N+](=O)[O-])ccc1N1CCN(CC(F)F)CC1. The van der Waals surface area contributed by atoms with Crippen molar-refractivity contribution >= 4 is 21.2 Å². The van der Waals surface area contributed by atoms with Crippen LogP contribution >= 0.6 is 0 Å². The van der Waals surface area contributed by atoms with Gasteiger partial charge in [0.05, 0.1) is 22.1 Å². The average Bonchev–Trinajstić information content (AvgIpc) is 2.46. The summed E-state index contributed by atoms with van der Waals surface area (Å²) in [4.78, 5) is 13.4. The Balaban J connectivity index is 2.25. The molecule has 0 aromatic heterocycles. The normalized spacial score (nSPS) is 16.8. The van der Waals surface area contributed by atoms with E-state index in [9.17, 15) is 27.3 Å². The Hall–Kier alpha value is -1.81. The lowest BCUT2D eigenvalue weighted by Gasteiger charge is -2.36. The fraction of sp³-hybridized carbons (Fsp3) is 0.538. The predicted molar refractivity (Wildman–Crippen MR) is 80.9 cm³/mol. The fourth-order valence-corrected chi connectivity index (χ4v) is 3.45. The molecule has 1 aromatic rings. The molecule has 7 nitrogen and oxygen atoms in total. The highest BCUT2D eigenvalue weighted by atomic mass is 32.2. The van der Waals surface area contributed by atoms with E-state index in [4.69, 9.17) is 0 Å². The zero-order valence-electron chi connectivity index (χ0n) is 12.5. The largest absolute Gasteiger partial charge is 0.368 e. The first-order chi connectivity index (χ1) is 10.7. The van der Waals surface area contributed by atoms with E-state index in [0.29, 0.717) is 31.9 Å². The molecule has 10 heteroatoms. The molecular weight excluding hydrogens is 332 g/mol. The summed E-state index contributed by atoms with van der Waals surface area (Å²) in [5.41, 5.74) is 0.0697. The third-order valence-electron chi connectivity index (χ3n) is 3.66. The van der Waals surface area contributed by atoms with Gasteiger partial charge in [-0.2, -0.15) is 0 Å². The zero-order valence-corrected chi connectivity index (χ0v) is 13.3. The zero-order chi connectivity index (χ0) is 17.2. The average molecular weight is 349 g/mol. The number of hydrogen-bond acceptors (Lipinski definition) is 6. The van der Waals surface area contributed by atoms with Crippen LogP contribution in [-0.2, 0) is 9.84 Å². The van der Waals surface area contributed by atoms with Crippen LogP contribution in [0, 0.1) is 10.1 Å². The van der Waals surface area contributed by atoms with Crippen molar-refractivity contribution in [2.24, 2.45) is 0 Å². The van der Waals surface area contributed by atoms with Gasteiger partial charge in [0.15, 0.2) is 9.84 Å². The molecule has 0 bridgehead atoms. The molecule has 1 fully saturated rings. The molecule has 1 saturated heterocycles. The second-order valence-corrected chi connectivity index (χ2v) is 7.34. The van der Waals surface area contributed by atoms with Crippen LogP contribution in [0.2, 0.25) is 0 Å². The molecule has 1 heterocycles. The van der Waals surface area contributed by atoms with Crippen LogP contribution in [0.3, 0.4) is 0 Å². The van der Waals surface area contributed by atoms with E-state index in [1.165, 1.54) is 12.1 Å². The molecule has 128 valence electrons. The number of non-ortho nitro benzene ring substituents is 1. The van der Waals surface area contributed by atoms with Crippen molar-refractivity contribution in [2.75, 3.05) is 43.9 Å². The minimum absolute atomic E-state index is 0.117. The number of nitro groups is 1. The number of alkyl halides is 2. The molecule has 1 aliphatic rings. The van der Waals surface area contributed by atoms with Gasteiger partial charge in [0.1, 0.15) is 0 Å². The van der Waals surface area contributed by atoms with Gasteiger partial charge in [-0.3, -0.25) is 15.0 Å². The van der Waals surface area contributed by atoms with E-state index in [-0.39, 0.29) is 17.1 Å². The highest BCUT2D eigenvalue weighted by molar-refractivity contribution is 7.90. The minimum atomic E-state index is -3.65. The summed E-state index contributed by atoms with van der Waals surface area (Å²) in [6, 6.07) is 3.68. The number of hydrogen-bond donors (Lipinski definition) is 0. The van der Waals surface area contributed by atoms with Crippen LogP contribution in [0.1, 0.15) is 0 Å². The number of rotatable bonds is 5. The first kappa shape index (κ1) is 17.5. The standard InChI is InChI=1S/C13H17F2N3O4S/c1-23(21,22)12-8-10(18(19)20)2-3-11(12)17-6-4-16(5-7-17)9-13(14)15/h2-3,8,13H,4-7,9H2,1H3. The Morgan fingerprint density at radius 1 is 1.26 bits per heavy atom.